The molecule has 0 atom stereocenters. The molecule has 0 spiro atoms. The fraction of sp³-hybridized carbons (Fsp3) is 0.250. The summed E-state index contributed by atoms with van der Waals surface area (Å²) in [7, 11) is 0. The van der Waals surface area contributed by atoms with Crippen LogP contribution in [-0.4, -0.2) is 5.78 Å². The summed E-state index contributed by atoms with van der Waals surface area (Å²) in [5, 5.41) is 2.73. The van der Waals surface area contributed by atoms with Crippen molar-refractivity contribution >= 4 is 11.5 Å². The number of anilines is 1. The number of rotatable bonds is 3. The molecule has 5 heteroatoms. The Morgan fingerprint density at radius 1 is 1.29 bits per heavy atom. The minimum Gasteiger partial charge on any atom is -0.359 e. The highest BCUT2D eigenvalue weighted by atomic mass is 19.4. The Morgan fingerprint density at radius 3 is 2.47 bits per heavy atom. The van der Waals surface area contributed by atoms with Gasteiger partial charge in [-0.3, -0.25) is 4.79 Å². The van der Waals surface area contributed by atoms with Crippen LogP contribution in [0.4, 0.5) is 18.9 Å². The Morgan fingerprint density at radius 2 is 1.94 bits per heavy atom. The number of hydrogen-bond acceptors (Lipinski definition) is 2. The van der Waals surface area contributed by atoms with Crippen molar-refractivity contribution in [2.24, 2.45) is 0 Å². The molecular formula is C12H12F3NO. The molecule has 0 bridgehead atoms. The summed E-state index contributed by atoms with van der Waals surface area (Å²) in [6.45, 7) is 2.99. The molecule has 0 aliphatic heterocycles. The number of allylic oxidation sites excluding steroid dienone is 2. The van der Waals surface area contributed by atoms with E-state index in [9.17, 15) is 18.0 Å². The first-order chi connectivity index (χ1) is 7.79. The average Bonchev–Trinajstić information content (AvgIpc) is 2.15. The fourth-order valence-electron chi connectivity index (χ4n) is 1.34. The number of ketones is 1. The summed E-state index contributed by atoms with van der Waals surface area (Å²) in [5.41, 5.74) is 0.0739. The van der Waals surface area contributed by atoms with Crippen LogP contribution in [0.2, 0.25) is 0 Å². The van der Waals surface area contributed by atoms with E-state index in [0.717, 1.165) is 12.1 Å². The van der Waals surface area contributed by atoms with Crippen LogP contribution in [0.25, 0.3) is 0 Å². The molecule has 0 saturated heterocycles. The van der Waals surface area contributed by atoms with Crippen LogP contribution in [0.15, 0.2) is 36.0 Å². The van der Waals surface area contributed by atoms with E-state index in [4.69, 9.17) is 0 Å². The highest BCUT2D eigenvalue weighted by molar-refractivity contribution is 5.88. The van der Waals surface area contributed by atoms with Crippen molar-refractivity contribution in [1.29, 1.82) is 0 Å². The quantitative estimate of drug-likeness (QED) is 0.821. The third-order valence-corrected chi connectivity index (χ3v) is 1.95. The van der Waals surface area contributed by atoms with Gasteiger partial charge in [0.05, 0.1) is 5.56 Å². The summed E-state index contributed by atoms with van der Waals surface area (Å²) in [6.07, 6.45) is -3.05. The van der Waals surface area contributed by atoms with Crippen LogP contribution in [-0.2, 0) is 11.0 Å². The Kier molecular flexibility index (Phi) is 3.93. The van der Waals surface area contributed by atoms with Crippen molar-refractivity contribution in [3.63, 3.8) is 0 Å². The molecule has 1 N–H and O–H groups in total. The van der Waals surface area contributed by atoms with Gasteiger partial charge in [0.25, 0.3) is 0 Å². The van der Waals surface area contributed by atoms with Crippen molar-refractivity contribution in [3.05, 3.63) is 41.6 Å². The van der Waals surface area contributed by atoms with Crippen LogP contribution < -0.4 is 5.32 Å². The molecule has 0 aliphatic rings. The van der Waals surface area contributed by atoms with Crippen molar-refractivity contribution in [1.82, 2.24) is 0 Å². The summed E-state index contributed by atoms with van der Waals surface area (Å²) >= 11 is 0. The normalized spacial score (nSPS) is 12.4. The third kappa shape index (κ3) is 4.30. The molecule has 1 aromatic carbocycles. The molecule has 2 nitrogen and oxygen atoms in total. The standard InChI is InChI=1S/C12H12F3NO/c1-8(6-9(2)17)16-11-5-3-4-10(7-11)12(13,14)15/h3-7,16H,1-2H3/b8-6-. The van der Waals surface area contributed by atoms with Crippen LogP contribution >= 0.6 is 0 Å². The van der Waals surface area contributed by atoms with Gasteiger partial charge in [-0.05, 0) is 38.1 Å². The average molecular weight is 243 g/mol. The smallest absolute Gasteiger partial charge is 0.359 e. The lowest BCUT2D eigenvalue weighted by molar-refractivity contribution is -0.137. The van der Waals surface area contributed by atoms with Crippen LogP contribution in [0.1, 0.15) is 19.4 Å². The second kappa shape index (κ2) is 5.03. The lowest BCUT2D eigenvalue weighted by Gasteiger charge is -2.10. The Labute approximate surface area is 97.1 Å². The first-order valence-electron chi connectivity index (χ1n) is 4.92. The number of halogens is 3. The zero-order valence-corrected chi connectivity index (χ0v) is 9.43. The fourth-order valence-corrected chi connectivity index (χ4v) is 1.34. The van der Waals surface area contributed by atoms with Gasteiger partial charge in [0.1, 0.15) is 0 Å². The molecule has 0 aromatic heterocycles. The molecular weight excluding hydrogens is 231 g/mol. The molecule has 1 aromatic rings. The lowest BCUT2D eigenvalue weighted by atomic mass is 10.2. The number of carbonyl (C=O) groups excluding carboxylic acids is 1. The molecule has 0 amide bonds. The van der Waals surface area contributed by atoms with E-state index in [1.165, 1.54) is 25.1 Å². The number of carbonyl (C=O) groups is 1. The van der Waals surface area contributed by atoms with Crippen LogP contribution in [0, 0.1) is 0 Å². The van der Waals surface area contributed by atoms with Gasteiger partial charge < -0.3 is 5.32 Å². The topological polar surface area (TPSA) is 29.1 Å². The maximum atomic E-state index is 12.4. The van der Waals surface area contributed by atoms with Gasteiger partial charge in [0.15, 0.2) is 5.78 Å². The number of benzene rings is 1. The Balaban J connectivity index is 2.90. The molecule has 0 heterocycles. The van der Waals surface area contributed by atoms with Gasteiger partial charge in [-0.25, -0.2) is 0 Å². The first-order valence-corrected chi connectivity index (χ1v) is 4.92. The predicted molar refractivity (Wildman–Crippen MR) is 59.5 cm³/mol. The Hall–Kier alpha value is -1.78. The number of alkyl halides is 3. The monoisotopic (exact) mass is 243 g/mol. The SMILES string of the molecule is CC(=O)/C=C(/C)Nc1cccc(C(F)(F)F)c1. The zero-order valence-electron chi connectivity index (χ0n) is 9.43. The zero-order chi connectivity index (χ0) is 13.1. The van der Waals surface area contributed by atoms with Crippen LogP contribution in [0.3, 0.4) is 0 Å². The van der Waals surface area contributed by atoms with Crippen molar-refractivity contribution < 1.29 is 18.0 Å². The maximum Gasteiger partial charge on any atom is 0.416 e. The first kappa shape index (κ1) is 13.3. The van der Waals surface area contributed by atoms with Crippen molar-refractivity contribution in [2.45, 2.75) is 20.0 Å². The second-order valence-electron chi connectivity index (χ2n) is 3.64. The largest absolute Gasteiger partial charge is 0.416 e. The summed E-state index contributed by atoms with van der Waals surface area (Å²) in [5.74, 6) is -0.165. The van der Waals surface area contributed by atoms with Gasteiger partial charge in [0, 0.05) is 11.4 Å². The van der Waals surface area contributed by atoms with Gasteiger partial charge in [0.2, 0.25) is 0 Å². The van der Waals surface area contributed by atoms with Crippen LogP contribution in [0.5, 0.6) is 0 Å². The molecule has 1 rings (SSSR count). The lowest BCUT2D eigenvalue weighted by Crippen LogP contribution is -2.06. The third-order valence-electron chi connectivity index (χ3n) is 1.95. The minimum atomic E-state index is -4.37. The van der Waals surface area contributed by atoms with Gasteiger partial charge in [-0.2, -0.15) is 13.2 Å². The second-order valence-corrected chi connectivity index (χ2v) is 3.64. The summed E-state index contributed by atoms with van der Waals surface area (Å²) in [4.78, 5) is 10.8. The van der Waals surface area contributed by atoms with Crippen molar-refractivity contribution in [2.75, 3.05) is 5.32 Å². The van der Waals surface area contributed by atoms with E-state index < -0.39 is 11.7 Å². The van der Waals surface area contributed by atoms with E-state index in [0.29, 0.717) is 11.4 Å². The summed E-state index contributed by atoms with van der Waals surface area (Å²) < 4.78 is 37.3. The van der Waals surface area contributed by atoms with E-state index in [-0.39, 0.29) is 5.78 Å². The van der Waals surface area contributed by atoms with E-state index >= 15 is 0 Å². The van der Waals surface area contributed by atoms with E-state index in [1.54, 1.807) is 6.92 Å². The van der Waals surface area contributed by atoms with Crippen molar-refractivity contribution in [3.8, 4) is 0 Å². The molecule has 0 radical (unpaired) electrons. The molecule has 92 valence electrons. The highest BCUT2D eigenvalue weighted by Crippen LogP contribution is 2.30. The van der Waals surface area contributed by atoms with E-state index in [2.05, 4.69) is 5.32 Å². The van der Waals surface area contributed by atoms with E-state index in [1.807, 2.05) is 0 Å². The predicted octanol–water partition coefficient (Wildman–Crippen LogP) is 3.61. The maximum absolute atomic E-state index is 12.4. The molecule has 0 saturated carbocycles. The van der Waals surface area contributed by atoms with Gasteiger partial charge in [-0.1, -0.05) is 6.07 Å². The Bertz CT molecular complexity index is 449. The highest BCUT2D eigenvalue weighted by Gasteiger charge is 2.30. The summed E-state index contributed by atoms with van der Waals surface area (Å²) in [6, 6.07) is 4.81. The van der Waals surface area contributed by atoms with Gasteiger partial charge >= 0.3 is 6.18 Å². The molecule has 0 fully saturated rings. The number of hydrogen-bond donors (Lipinski definition) is 1. The molecule has 0 unspecified atom stereocenters. The molecule has 17 heavy (non-hydrogen) atoms. The minimum absolute atomic E-state index is 0.165. The number of nitrogens with one attached hydrogen (secondary N) is 1. The van der Waals surface area contributed by atoms with Gasteiger partial charge in [-0.15, -0.1) is 0 Å². The molecule has 0 aliphatic carbocycles.